The first-order chi connectivity index (χ1) is 7.79. The monoisotopic (exact) mass is 256 g/mol. The van der Waals surface area contributed by atoms with E-state index in [0.717, 1.165) is 5.25 Å². The summed E-state index contributed by atoms with van der Waals surface area (Å²) in [5.74, 6) is 1.25. The molecule has 0 radical (unpaired) electrons. The van der Waals surface area contributed by atoms with Crippen LogP contribution in [0.1, 0.15) is 44.0 Å². The minimum absolute atomic E-state index is 0.461. The number of nitrogens with zero attached hydrogens (tertiary/aromatic N) is 1. The van der Waals surface area contributed by atoms with E-state index >= 15 is 0 Å². The molecule has 16 heavy (non-hydrogen) atoms. The average molecular weight is 256 g/mol. The molecule has 2 nitrogen and oxygen atoms in total. The zero-order chi connectivity index (χ0) is 11.4. The zero-order valence-electron chi connectivity index (χ0n) is 9.98. The first kappa shape index (κ1) is 12.4. The van der Waals surface area contributed by atoms with E-state index in [0.29, 0.717) is 12.1 Å². The topological polar surface area (TPSA) is 24.9 Å². The average Bonchev–Trinajstić information content (AvgIpc) is 2.89. The quantitative estimate of drug-likeness (QED) is 0.873. The van der Waals surface area contributed by atoms with Gasteiger partial charge >= 0.3 is 0 Å². The van der Waals surface area contributed by atoms with Crippen molar-refractivity contribution >= 4 is 23.1 Å². The molecule has 1 fully saturated rings. The van der Waals surface area contributed by atoms with Gasteiger partial charge in [-0.25, -0.2) is 0 Å². The fourth-order valence-corrected chi connectivity index (χ4v) is 4.13. The Kier molecular flexibility index (Phi) is 4.67. The molecule has 0 bridgehead atoms. The number of hydrogen-bond acceptors (Lipinski definition) is 4. The number of rotatable bonds is 5. The molecular weight excluding hydrogens is 236 g/mol. The molecule has 0 saturated heterocycles. The van der Waals surface area contributed by atoms with Crippen molar-refractivity contribution in [2.75, 3.05) is 5.75 Å². The Morgan fingerprint density at radius 2 is 2.50 bits per heavy atom. The number of aromatic nitrogens is 1. The van der Waals surface area contributed by atoms with Crippen molar-refractivity contribution in [3.05, 3.63) is 16.6 Å². The SMILES string of the molecule is CCSC1CCC(NC(C)c2cncs2)C1. The summed E-state index contributed by atoms with van der Waals surface area (Å²) >= 11 is 3.86. The van der Waals surface area contributed by atoms with Crippen LogP contribution in [-0.4, -0.2) is 22.0 Å². The second-order valence-corrected chi connectivity index (χ2v) is 6.87. The molecule has 1 aliphatic carbocycles. The van der Waals surface area contributed by atoms with E-state index in [1.165, 1.54) is 29.9 Å². The fraction of sp³-hybridized carbons (Fsp3) is 0.750. The van der Waals surface area contributed by atoms with E-state index in [1.54, 1.807) is 11.3 Å². The van der Waals surface area contributed by atoms with Crippen LogP contribution in [0.5, 0.6) is 0 Å². The summed E-state index contributed by atoms with van der Waals surface area (Å²) in [4.78, 5) is 5.49. The summed E-state index contributed by atoms with van der Waals surface area (Å²) in [6.07, 6.45) is 6.03. The lowest BCUT2D eigenvalue weighted by molar-refractivity contribution is 0.466. The molecule has 1 heterocycles. The molecule has 0 aliphatic heterocycles. The van der Waals surface area contributed by atoms with Gasteiger partial charge in [-0.1, -0.05) is 6.92 Å². The molecule has 2 rings (SSSR count). The molecular formula is C12H20N2S2. The molecule has 1 N–H and O–H groups in total. The Labute approximate surface area is 106 Å². The third-order valence-corrected chi connectivity index (χ3v) is 5.34. The molecule has 0 aromatic carbocycles. The fourth-order valence-electron chi connectivity index (χ4n) is 2.35. The van der Waals surface area contributed by atoms with Gasteiger partial charge in [-0.2, -0.15) is 11.8 Å². The van der Waals surface area contributed by atoms with Gasteiger partial charge in [0.05, 0.1) is 5.51 Å². The van der Waals surface area contributed by atoms with Crippen LogP contribution >= 0.6 is 23.1 Å². The minimum Gasteiger partial charge on any atom is -0.307 e. The number of nitrogens with one attached hydrogen (secondary N) is 1. The van der Waals surface area contributed by atoms with Crippen LogP contribution in [0.4, 0.5) is 0 Å². The second-order valence-electron chi connectivity index (χ2n) is 4.38. The third kappa shape index (κ3) is 3.22. The van der Waals surface area contributed by atoms with Crippen LogP contribution in [0.3, 0.4) is 0 Å². The molecule has 1 aromatic rings. The summed E-state index contributed by atoms with van der Waals surface area (Å²) in [7, 11) is 0. The summed E-state index contributed by atoms with van der Waals surface area (Å²) < 4.78 is 0. The van der Waals surface area contributed by atoms with Gasteiger partial charge in [0.1, 0.15) is 0 Å². The summed E-state index contributed by atoms with van der Waals surface area (Å²) in [6, 6.07) is 1.17. The predicted molar refractivity (Wildman–Crippen MR) is 73.2 cm³/mol. The van der Waals surface area contributed by atoms with Crippen molar-refractivity contribution in [2.45, 2.75) is 50.4 Å². The molecule has 1 aromatic heterocycles. The van der Waals surface area contributed by atoms with Gasteiger partial charge in [-0.3, -0.25) is 4.98 Å². The van der Waals surface area contributed by atoms with Gasteiger partial charge in [0, 0.05) is 28.4 Å². The standard InChI is InChI=1S/C12H20N2S2/c1-3-15-11-5-4-10(6-11)14-9(2)12-7-13-8-16-12/h7-11,14H,3-6H2,1-2H3. The molecule has 1 aliphatic rings. The highest BCUT2D eigenvalue weighted by atomic mass is 32.2. The first-order valence-corrected chi connectivity index (χ1v) is 7.98. The highest BCUT2D eigenvalue weighted by Crippen LogP contribution is 2.31. The molecule has 0 amide bonds. The largest absolute Gasteiger partial charge is 0.307 e. The summed E-state index contributed by atoms with van der Waals surface area (Å²) in [5, 5.41) is 4.61. The van der Waals surface area contributed by atoms with Crippen LogP contribution in [0.15, 0.2) is 11.7 Å². The highest BCUT2D eigenvalue weighted by Gasteiger charge is 2.25. The summed E-state index contributed by atoms with van der Waals surface area (Å²) in [6.45, 7) is 4.50. The van der Waals surface area contributed by atoms with E-state index in [4.69, 9.17) is 0 Å². The number of hydrogen-bond donors (Lipinski definition) is 1. The Balaban J connectivity index is 1.78. The van der Waals surface area contributed by atoms with E-state index in [9.17, 15) is 0 Å². The molecule has 4 heteroatoms. The van der Waals surface area contributed by atoms with Gasteiger partial charge in [-0.05, 0) is 31.9 Å². The van der Waals surface area contributed by atoms with Crippen molar-refractivity contribution in [3.8, 4) is 0 Å². The predicted octanol–water partition coefficient (Wildman–Crippen LogP) is 3.47. The first-order valence-electron chi connectivity index (χ1n) is 6.05. The number of thiazole rings is 1. The Morgan fingerprint density at radius 3 is 3.19 bits per heavy atom. The van der Waals surface area contributed by atoms with Crippen LogP contribution in [0.2, 0.25) is 0 Å². The second kappa shape index (κ2) is 6.03. The molecule has 90 valence electrons. The van der Waals surface area contributed by atoms with Crippen LogP contribution in [0, 0.1) is 0 Å². The lowest BCUT2D eigenvalue weighted by Gasteiger charge is -2.18. The highest BCUT2D eigenvalue weighted by molar-refractivity contribution is 7.99. The van der Waals surface area contributed by atoms with Gasteiger partial charge in [0.25, 0.3) is 0 Å². The lowest BCUT2D eigenvalue weighted by atomic mass is 10.2. The molecule has 1 saturated carbocycles. The zero-order valence-corrected chi connectivity index (χ0v) is 11.6. The van der Waals surface area contributed by atoms with Crippen molar-refractivity contribution < 1.29 is 0 Å². The smallest absolute Gasteiger partial charge is 0.0794 e. The molecule has 3 atom stereocenters. The van der Waals surface area contributed by atoms with Crippen molar-refractivity contribution in [1.82, 2.24) is 10.3 Å². The van der Waals surface area contributed by atoms with Crippen molar-refractivity contribution in [1.29, 1.82) is 0 Å². The minimum atomic E-state index is 0.461. The lowest BCUT2D eigenvalue weighted by Crippen LogP contribution is -2.29. The van der Waals surface area contributed by atoms with Crippen LogP contribution in [-0.2, 0) is 0 Å². The molecule has 0 spiro atoms. The van der Waals surface area contributed by atoms with Crippen molar-refractivity contribution in [2.24, 2.45) is 0 Å². The van der Waals surface area contributed by atoms with Crippen molar-refractivity contribution in [3.63, 3.8) is 0 Å². The Morgan fingerprint density at radius 1 is 1.62 bits per heavy atom. The maximum absolute atomic E-state index is 4.14. The van der Waals surface area contributed by atoms with Crippen LogP contribution < -0.4 is 5.32 Å². The van der Waals surface area contributed by atoms with Gasteiger partial charge in [0.15, 0.2) is 0 Å². The maximum Gasteiger partial charge on any atom is 0.0794 e. The Hall–Kier alpha value is -0.0600. The summed E-state index contributed by atoms with van der Waals surface area (Å²) in [5.41, 5.74) is 1.91. The number of thioether (sulfide) groups is 1. The Bertz CT molecular complexity index is 300. The van der Waals surface area contributed by atoms with E-state index in [2.05, 4.69) is 35.9 Å². The van der Waals surface area contributed by atoms with Gasteiger partial charge in [0.2, 0.25) is 0 Å². The third-order valence-electron chi connectivity index (χ3n) is 3.15. The van der Waals surface area contributed by atoms with E-state index < -0.39 is 0 Å². The van der Waals surface area contributed by atoms with E-state index in [-0.39, 0.29) is 0 Å². The normalized spacial score (nSPS) is 27.1. The van der Waals surface area contributed by atoms with E-state index in [1.807, 2.05) is 11.7 Å². The van der Waals surface area contributed by atoms with Gasteiger partial charge in [-0.15, -0.1) is 11.3 Å². The van der Waals surface area contributed by atoms with Gasteiger partial charge < -0.3 is 5.32 Å². The maximum atomic E-state index is 4.14. The van der Waals surface area contributed by atoms with Crippen LogP contribution in [0.25, 0.3) is 0 Å². The molecule has 3 unspecified atom stereocenters.